The summed E-state index contributed by atoms with van der Waals surface area (Å²) in [5.74, 6) is -1.54. The molecule has 2 rings (SSSR count). The molecule has 2 aromatic carbocycles. The number of hydrogen-bond acceptors (Lipinski definition) is 6. The van der Waals surface area contributed by atoms with Crippen molar-refractivity contribution in [2.45, 2.75) is 20.0 Å². The van der Waals surface area contributed by atoms with E-state index in [2.05, 4.69) is 5.32 Å². The van der Waals surface area contributed by atoms with Crippen molar-refractivity contribution in [2.24, 2.45) is 0 Å². The van der Waals surface area contributed by atoms with E-state index < -0.39 is 23.9 Å². The van der Waals surface area contributed by atoms with Crippen molar-refractivity contribution < 1.29 is 23.9 Å². The SMILES string of the molecule is CCOC(=O)c1ccc(NC(=O)C(C)OC(=O)c2ccc(N)cc2)cc1. The van der Waals surface area contributed by atoms with Crippen LogP contribution in [0.2, 0.25) is 0 Å². The molecule has 26 heavy (non-hydrogen) atoms. The molecule has 3 N–H and O–H groups in total. The van der Waals surface area contributed by atoms with E-state index in [1.165, 1.54) is 19.1 Å². The smallest absolute Gasteiger partial charge is 0.338 e. The first-order valence-corrected chi connectivity index (χ1v) is 8.05. The Morgan fingerprint density at radius 1 is 0.962 bits per heavy atom. The van der Waals surface area contributed by atoms with Gasteiger partial charge in [-0.05, 0) is 62.4 Å². The Kier molecular flexibility index (Phi) is 6.32. The molecule has 0 aliphatic carbocycles. The largest absolute Gasteiger partial charge is 0.462 e. The fraction of sp³-hybridized carbons (Fsp3) is 0.211. The van der Waals surface area contributed by atoms with Crippen LogP contribution >= 0.6 is 0 Å². The summed E-state index contributed by atoms with van der Waals surface area (Å²) in [7, 11) is 0. The van der Waals surface area contributed by atoms with Crippen molar-refractivity contribution in [1.29, 1.82) is 0 Å². The molecule has 0 aromatic heterocycles. The Labute approximate surface area is 151 Å². The maximum atomic E-state index is 12.2. The molecule has 0 aliphatic heterocycles. The minimum atomic E-state index is -0.996. The average Bonchev–Trinajstić information content (AvgIpc) is 2.63. The zero-order valence-electron chi connectivity index (χ0n) is 14.5. The fourth-order valence-corrected chi connectivity index (χ4v) is 2.05. The third-order valence-corrected chi connectivity index (χ3v) is 3.46. The number of amides is 1. The molecule has 1 amide bonds. The second kappa shape index (κ2) is 8.66. The average molecular weight is 356 g/mol. The lowest BCUT2D eigenvalue weighted by Crippen LogP contribution is -2.30. The molecule has 1 atom stereocenters. The van der Waals surface area contributed by atoms with E-state index in [9.17, 15) is 14.4 Å². The molecular weight excluding hydrogens is 336 g/mol. The number of carbonyl (C=O) groups excluding carboxylic acids is 3. The van der Waals surface area contributed by atoms with Crippen molar-refractivity contribution in [2.75, 3.05) is 17.7 Å². The van der Waals surface area contributed by atoms with Gasteiger partial charge >= 0.3 is 11.9 Å². The zero-order chi connectivity index (χ0) is 19.1. The molecule has 7 heteroatoms. The fourth-order valence-electron chi connectivity index (χ4n) is 2.05. The van der Waals surface area contributed by atoms with Crippen molar-refractivity contribution >= 4 is 29.2 Å². The van der Waals surface area contributed by atoms with E-state index in [1.54, 1.807) is 43.3 Å². The maximum Gasteiger partial charge on any atom is 0.338 e. The Morgan fingerprint density at radius 3 is 2.08 bits per heavy atom. The van der Waals surface area contributed by atoms with E-state index >= 15 is 0 Å². The number of anilines is 2. The number of esters is 2. The van der Waals surface area contributed by atoms with Crippen molar-refractivity contribution in [3.63, 3.8) is 0 Å². The highest BCUT2D eigenvalue weighted by atomic mass is 16.5. The first-order chi connectivity index (χ1) is 12.4. The van der Waals surface area contributed by atoms with Crippen LogP contribution in [0, 0.1) is 0 Å². The quantitative estimate of drug-likeness (QED) is 0.608. The number of nitrogen functional groups attached to an aromatic ring is 1. The second-order valence-electron chi connectivity index (χ2n) is 5.46. The minimum Gasteiger partial charge on any atom is -0.462 e. The summed E-state index contributed by atoms with van der Waals surface area (Å²) in [6.45, 7) is 3.48. The van der Waals surface area contributed by atoms with Crippen LogP contribution in [0.1, 0.15) is 34.6 Å². The summed E-state index contributed by atoms with van der Waals surface area (Å²) in [6.07, 6.45) is -0.996. The van der Waals surface area contributed by atoms with Gasteiger partial charge in [-0.3, -0.25) is 4.79 Å². The summed E-state index contributed by atoms with van der Waals surface area (Å²) in [4.78, 5) is 35.8. The number of nitrogens with two attached hydrogens (primary N) is 1. The van der Waals surface area contributed by atoms with Crippen LogP contribution in [0.3, 0.4) is 0 Å². The summed E-state index contributed by atoms with van der Waals surface area (Å²) >= 11 is 0. The number of rotatable bonds is 6. The molecule has 0 saturated heterocycles. The highest BCUT2D eigenvalue weighted by Gasteiger charge is 2.19. The third-order valence-electron chi connectivity index (χ3n) is 3.46. The van der Waals surface area contributed by atoms with Crippen LogP contribution in [-0.4, -0.2) is 30.6 Å². The first-order valence-electron chi connectivity index (χ1n) is 8.05. The maximum absolute atomic E-state index is 12.2. The van der Waals surface area contributed by atoms with Gasteiger partial charge in [0.2, 0.25) is 0 Å². The zero-order valence-corrected chi connectivity index (χ0v) is 14.5. The molecule has 136 valence electrons. The number of hydrogen-bond donors (Lipinski definition) is 2. The van der Waals surface area contributed by atoms with Gasteiger partial charge in [-0.1, -0.05) is 0 Å². The molecule has 2 aromatic rings. The topological polar surface area (TPSA) is 108 Å². The predicted octanol–water partition coefficient (Wildman–Crippen LogP) is 2.63. The Bertz CT molecular complexity index is 785. The number of benzene rings is 2. The highest BCUT2D eigenvalue weighted by Crippen LogP contribution is 2.13. The molecule has 0 saturated carbocycles. The van der Waals surface area contributed by atoms with Gasteiger partial charge in [0.05, 0.1) is 17.7 Å². The lowest BCUT2D eigenvalue weighted by molar-refractivity contribution is -0.123. The van der Waals surface area contributed by atoms with Crippen LogP contribution in [0.15, 0.2) is 48.5 Å². The molecule has 1 unspecified atom stereocenters. The Hall–Kier alpha value is -3.35. The molecule has 0 fully saturated rings. The third kappa shape index (κ3) is 5.07. The van der Waals surface area contributed by atoms with E-state index in [-0.39, 0.29) is 6.61 Å². The Balaban J connectivity index is 1.93. The predicted molar refractivity (Wildman–Crippen MR) is 96.8 cm³/mol. The van der Waals surface area contributed by atoms with Crippen molar-refractivity contribution in [3.05, 3.63) is 59.7 Å². The number of nitrogens with one attached hydrogen (secondary N) is 1. The molecular formula is C19H20N2O5. The molecule has 7 nitrogen and oxygen atoms in total. The van der Waals surface area contributed by atoms with E-state index in [1.807, 2.05) is 0 Å². The van der Waals surface area contributed by atoms with Gasteiger partial charge in [0.15, 0.2) is 6.10 Å². The van der Waals surface area contributed by atoms with Crippen molar-refractivity contribution in [1.82, 2.24) is 0 Å². The van der Waals surface area contributed by atoms with Gasteiger partial charge in [0, 0.05) is 11.4 Å². The van der Waals surface area contributed by atoms with Crippen LogP contribution in [0.4, 0.5) is 11.4 Å². The van der Waals surface area contributed by atoms with Crippen LogP contribution in [-0.2, 0) is 14.3 Å². The van der Waals surface area contributed by atoms with E-state index in [4.69, 9.17) is 15.2 Å². The minimum absolute atomic E-state index is 0.286. The molecule has 0 spiro atoms. The van der Waals surface area contributed by atoms with Crippen LogP contribution < -0.4 is 11.1 Å². The molecule has 0 bridgehead atoms. The normalized spacial score (nSPS) is 11.3. The van der Waals surface area contributed by atoms with Gasteiger partial charge in [0.25, 0.3) is 5.91 Å². The number of ether oxygens (including phenoxy) is 2. The van der Waals surface area contributed by atoms with Gasteiger partial charge < -0.3 is 20.5 Å². The lowest BCUT2D eigenvalue weighted by Gasteiger charge is -2.14. The van der Waals surface area contributed by atoms with Crippen LogP contribution in [0.5, 0.6) is 0 Å². The van der Waals surface area contributed by atoms with Gasteiger partial charge in [-0.15, -0.1) is 0 Å². The summed E-state index contributed by atoms with van der Waals surface area (Å²) in [6, 6.07) is 12.4. The van der Waals surface area contributed by atoms with Gasteiger partial charge in [-0.2, -0.15) is 0 Å². The molecule has 0 heterocycles. The summed E-state index contributed by atoms with van der Waals surface area (Å²) < 4.78 is 10.0. The van der Waals surface area contributed by atoms with E-state index in [0.717, 1.165) is 0 Å². The second-order valence-corrected chi connectivity index (χ2v) is 5.46. The van der Waals surface area contributed by atoms with Gasteiger partial charge in [0.1, 0.15) is 0 Å². The monoisotopic (exact) mass is 356 g/mol. The van der Waals surface area contributed by atoms with Crippen LogP contribution in [0.25, 0.3) is 0 Å². The Morgan fingerprint density at radius 2 is 1.50 bits per heavy atom. The van der Waals surface area contributed by atoms with E-state index in [0.29, 0.717) is 22.5 Å². The standard InChI is InChI=1S/C19H20N2O5/c1-3-25-18(23)13-6-10-16(11-7-13)21-17(22)12(2)26-19(24)14-4-8-15(20)9-5-14/h4-12H,3,20H2,1-2H3,(H,21,22). The summed E-state index contributed by atoms with van der Waals surface area (Å²) in [5, 5.41) is 2.62. The molecule has 0 radical (unpaired) electrons. The number of carbonyl (C=O) groups is 3. The lowest BCUT2D eigenvalue weighted by atomic mass is 10.2. The first kappa shape index (κ1) is 19.0. The highest BCUT2D eigenvalue weighted by molar-refractivity contribution is 5.98. The van der Waals surface area contributed by atoms with Gasteiger partial charge in [-0.25, -0.2) is 9.59 Å². The van der Waals surface area contributed by atoms with Crippen molar-refractivity contribution in [3.8, 4) is 0 Å². The molecule has 0 aliphatic rings. The summed E-state index contributed by atoms with van der Waals surface area (Å²) in [5.41, 5.74) is 7.25.